The summed E-state index contributed by atoms with van der Waals surface area (Å²) in [5, 5.41) is 0. The molecule has 0 saturated carbocycles. The first-order valence-electron chi connectivity index (χ1n) is 3.13. The molecule has 0 aliphatic carbocycles. The van der Waals surface area contributed by atoms with Gasteiger partial charge in [0, 0.05) is 0 Å². The maximum absolute atomic E-state index is 2.36. The Hall–Kier alpha value is 0.870. The van der Waals surface area contributed by atoms with Gasteiger partial charge in [0.1, 0.15) is 0 Å². The Morgan fingerprint density at radius 3 is 1.14 bits per heavy atom. The zero-order chi connectivity index (χ0) is 5.86. The first-order chi connectivity index (χ1) is 3.13. The van der Waals surface area contributed by atoms with Crippen LogP contribution < -0.4 is 0 Å². The average Bonchev–Trinajstić information content (AvgIpc) is 1.27. The molecular formula is C6H15In. The summed E-state index contributed by atoms with van der Waals surface area (Å²) in [4.78, 5) is 0. The topological polar surface area (TPSA) is 0 Å². The number of rotatable bonds is 2. The first-order valence-corrected chi connectivity index (χ1v) is 7.79. The van der Waals surface area contributed by atoms with Crippen molar-refractivity contribution in [2.75, 3.05) is 0 Å². The van der Waals surface area contributed by atoms with Gasteiger partial charge in [0.2, 0.25) is 0 Å². The van der Waals surface area contributed by atoms with E-state index in [4.69, 9.17) is 0 Å². The molecule has 0 atom stereocenters. The van der Waals surface area contributed by atoms with E-state index in [1.54, 1.807) is 0 Å². The van der Waals surface area contributed by atoms with Gasteiger partial charge in [0.15, 0.2) is 0 Å². The number of hydrogen-bond donors (Lipinski definition) is 0. The second-order valence-electron chi connectivity index (χ2n) is 3.02. The monoisotopic (exact) mass is 202 g/mol. The van der Waals surface area contributed by atoms with Crippen LogP contribution in [-0.4, -0.2) is 22.9 Å². The molecule has 0 aromatic rings. The molecule has 7 heavy (non-hydrogen) atoms. The van der Waals surface area contributed by atoms with Gasteiger partial charge in [-0.25, -0.2) is 0 Å². The van der Waals surface area contributed by atoms with Crippen LogP contribution in [0, 0.1) is 0 Å². The average molecular weight is 202 g/mol. The zero-order valence-electron chi connectivity index (χ0n) is 5.86. The van der Waals surface area contributed by atoms with Gasteiger partial charge in [-0.05, 0) is 0 Å². The molecule has 1 heteroatoms. The van der Waals surface area contributed by atoms with Crippen molar-refractivity contribution < 1.29 is 0 Å². The van der Waals surface area contributed by atoms with Crippen molar-refractivity contribution in [2.24, 2.45) is 0 Å². The van der Waals surface area contributed by atoms with Crippen LogP contribution >= 0.6 is 0 Å². The second kappa shape index (κ2) is 3.82. The van der Waals surface area contributed by atoms with Crippen LogP contribution in [-0.2, 0) is 0 Å². The van der Waals surface area contributed by atoms with Crippen LogP contribution in [0.2, 0.25) is 7.35 Å². The summed E-state index contributed by atoms with van der Waals surface area (Å²) in [7, 11) is 0. The summed E-state index contributed by atoms with van der Waals surface area (Å²) in [6, 6.07) is 0. The molecule has 0 aromatic heterocycles. The Morgan fingerprint density at radius 1 is 0.857 bits per heavy atom. The molecule has 0 fully saturated rings. The summed E-state index contributed by atoms with van der Waals surface area (Å²) in [5.74, 6) is 0. The van der Waals surface area contributed by atoms with Gasteiger partial charge in [0.05, 0.1) is 0 Å². The van der Waals surface area contributed by atoms with Crippen molar-refractivity contribution in [3.63, 3.8) is 0 Å². The molecule has 0 nitrogen and oxygen atoms in total. The fourth-order valence-electron chi connectivity index (χ4n) is 0.943. The van der Waals surface area contributed by atoms with Gasteiger partial charge in [-0.1, -0.05) is 0 Å². The Labute approximate surface area is 58.0 Å². The molecule has 0 amide bonds. The third-order valence-electron chi connectivity index (χ3n) is 0.943. The zero-order valence-corrected chi connectivity index (χ0v) is 9.90. The molecule has 0 heterocycles. The van der Waals surface area contributed by atoms with E-state index >= 15 is 0 Å². The van der Waals surface area contributed by atoms with Crippen molar-refractivity contribution in [3.05, 3.63) is 0 Å². The molecule has 0 saturated heterocycles. The summed E-state index contributed by atoms with van der Waals surface area (Å²) >= 11 is -0.272. The van der Waals surface area contributed by atoms with Crippen LogP contribution in [0.4, 0.5) is 0 Å². The summed E-state index contributed by atoms with van der Waals surface area (Å²) < 4.78 is 2.17. The first kappa shape index (κ1) is 7.87. The maximum atomic E-state index is 2.36. The second-order valence-corrected chi connectivity index (χ2v) is 13.7. The molecule has 0 unspecified atom stereocenters. The molecule has 0 rings (SSSR count). The minimum atomic E-state index is -0.272. The normalized spacial score (nSPS) is 10.6. The Kier molecular flexibility index (Phi) is 4.30. The van der Waals surface area contributed by atoms with Gasteiger partial charge in [-0.2, -0.15) is 0 Å². The van der Waals surface area contributed by atoms with E-state index in [0.29, 0.717) is 0 Å². The Morgan fingerprint density at radius 2 is 1.14 bits per heavy atom. The molecular weight excluding hydrogens is 187 g/mol. The molecule has 0 radical (unpaired) electrons. The molecule has 0 aromatic carbocycles. The van der Waals surface area contributed by atoms with Crippen molar-refractivity contribution in [3.8, 4) is 0 Å². The summed E-state index contributed by atoms with van der Waals surface area (Å²) in [6.07, 6.45) is 0. The third kappa shape index (κ3) is 6.87. The van der Waals surface area contributed by atoms with Crippen LogP contribution in [0.15, 0.2) is 0 Å². The van der Waals surface area contributed by atoms with Crippen molar-refractivity contribution in [1.82, 2.24) is 0 Å². The van der Waals surface area contributed by atoms with Gasteiger partial charge in [0.25, 0.3) is 0 Å². The molecule has 0 spiro atoms. The minimum absolute atomic E-state index is 0.272. The van der Waals surface area contributed by atoms with Gasteiger partial charge in [-0.3, -0.25) is 0 Å². The van der Waals surface area contributed by atoms with E-state index < -0.39 is 0 Å². The predicted molar refractivity (Wildman–Crippen MR) is 37.3 cm³/mol. The Balaban J connectivity index is 2.95. The predicted octanol–water partition coefficient (Wildman–Crippen LogP) is 2.08. The van der Waals surface area contributed by atoms with Crippen molar-refractivity contribution >= 4 is 22.9 Å². The quantitative estimate of drug-likeness (QED) is 0.642. The summed E-state index contributed by atoms with van der Waals surface area (Å²) in [6.45, 7) is 9.43. The SMILES string of the molecule is C[CH](C)[InH][CH](C)C. The van der Waals surface area contributed by atoms with Gasteiger partial charge >= 0.3 is 58.0 Å². The molecule has 0 N–H and O–H groups in total. The van der Waals surface area contributed by atoms with Crippen LogP contribution in [0.1, 0.15) is 27.7 Å². The van der Waals surface area contributed by atoms with Crippen LogP contribution in [0.5, 0.6) is 0 Å². The van der Waals surface area contributed by atoms with Crippen LogP contribution in [0.25, 0.3) is 0 Å². The third-order valence-corrected chi connectivity index (χ3v) is 6.32. The van der Waals surface area contributed by atoms with Gasteiger partial charge in [-0.15, -0.1) is 0 Å². The molecule has 0 aliphatic heterocycles. The molecule has 42 valence electrons. The van der Waals surface area contributed by atoms with E-state index in [1.165, 1.54) is 0 Å². The Bertz CT molecular complexity index is 33.4. The van der Waals surface area contributed by atoms with E-state index in [1.807, 2.05) is 0 Å². The van der Waals surface area contributed by atoms with E-state index in [9.17, 15) is 0 Å². The molecule has 0 bridgehead atoms. The van der Waals surface area contributed by atoms with Crippen LogP contribution in [0.3, 0.4) is 0 Å². The van der Waals surface area contributed by atoms with E-state index in [2.05, 4.69) is 27.7 Å². The standard InChI is InChI=1S/2C3H7.In.H/c2*1-3-2;;/h2*3H,1-2H3;;. The van der Waals surface area contributed by atoms with E-state index in [0.717, 1.165) is 7.35 Å². The van der Waals surface area contributed by atoms with Crippen molar-refractivity contribution in [1.29, 1.82) is 0 Å². The number of hydrogen-bond acceptors (Lipinski definition) is 0. The summed E-state index contributed by atoms with van der Waals surface area (Å²) in [5.41, 5.74) is 0. The fourth-order valence-corrected chi connectivity index (χ4v) is 6.32. The molecule has 0 aliphatic rings. The fraction of sp³-hybridized carbons (Fsp3) is 1.00. The van der Waals surface area contributed by atoms with Crippen molar-refractivity contribution in [2.45, 2.75) is 35.0 Å². The van der Waals surface area contributed by atoms with E-state index in [-0.39, 0.29) is 22.9 Å². The van der Waals surface area contributed by atoms with Gasteiger partial charge < -0.3 is 0 Å².